The van der Waals surface area contributed by atoms with Crippen LogP contribution in [0.5, 0.6) is 0 Å². The van der Waals surface area contributed by atoms with Gasteiger partial charge in [-0.1, -0.05) is 15.9 Å². The summed E-state index contributed by atoms with van der Waals surface area (Å²) in [5.41, 5.74) is 1.13. The van der Waals surface area contributed by atoms with Gasteiger partial charge in [0.25, 0.3) is 5.91 Å². The van der Waals surface area contributed by atoms with E-state index in [0.29, 0.717) is 5.69 Å². The number of rotatable bonds is 2. The van der Waals surface area contributed by atoms with Gasteiger partial charge in [0.15, 0.2) is 0 Å². The van der Waals surface area contributed by atoms with Crippen LogP contribution in [0.2, 0.25) is 0 Å². The van der Waals surface area contributed by atoms with Gasteiger partial charge in [-0.3, -0.25) is 4.79 Å². The Balaban J connectivity index is 2.25. The van der Waals surface area contributed by atoms with E-state index in [0.717, 1.165) is 28.2 Å². The van der Waals surface area contributed by atoms with Gasteiger partial charge < -0.3 is 5.32 Å². The smallest absolute Gasteiger partial charge is 0.258 e. The lowest BCUT2D eigenvalue weighted by Gasteiger charge is -2.08. The highest BCUT2D eigenvalue weighted by atomic mass is 79.9. The third-order valence-corrected chi connectivity index (χ3v) is 3.48. The van der Waals surface area contributed by atoms with Crippen molar-refractivity contribution in [1.82, 2.24) is 0 Å². The quantitative estimate of drug-likeness (QED) is 0.876. The maximum Gasteiger partial charge on any atom is 0.258 e. The number of benzene rings is 2. The highest BCUT2D eigenvalue weighted by Gasteiger charge is 2.13. The van der Waals surface area contributed by atoms with Crippen LogP contribution in [0, 0.1) is 18.6 Å². The molecule has 0 aromatic heterocycles. The minimum Gasteiger partial charge on any atom is -0.322 e. The molecule has 0 aliphatic rings. The Morgan fingerprint density at radius 3 is 2.58 bits per heavy atom. The normalized spacial score (nSPS) is 10.3. The Bertz CT molecular complexity index is 643. The fourth-order valence-corrected chi connectivity index (χ4v) is 1.84. The summed E-state index contributed by atoms with van der Waals surface area (Å²) >= 11 is 3.34. The molecule has 0 saturated heterocycles. The van der Waals surface area contributed by atoms with Gasteiger partial charge in [-0.05, 0) is 48.9 Å². The van der Waals surface area contributed by atoms with Crippen LogP contribution in [0.1, 0.15) is 15.9 Å². The summed E-state index contributed by atoms with van der Waals surface area (Å²) in [5, 5.41) is 2.53. The van der Waals surface area contributed by atoms with Crippen LogP contribution in [-0.2, 0) is 0 Å². The molecule has 19 heavy (non-hydrogen) atoms. The van der Waals surface area contributed by atoms with E-state index in [1.165, 1.54) is 0 Å². The molecule has 0 fully saturated rings. The van der Waals surface area contributed by atoms with Crippen molar-refractivity contribution in [3.8, 4) is 0 Å². The second-order valence-corrected chi connectivity index (χ2v) is 4.90. The Morgan fingerprint density at radius 1 is 1.16 bits per heavy atom. The first-order valence-electron chi connectivity index (χ1n) is 5.50. The van der Waals surface area contributed by atoms with Crippen molar-refractivity contribution in [2.24, 2.45) is 0 Å². The van der Waals surface area contributed by atoms with Gasteiger partial charge in [0.05, 0.1) is 5.56 Å². The van der Waals surface area contributed by atoms with Crippen LogP contribution in [0.4, 0.5) is 14.5 Å². The van der Waals surface area contributed by atoms with Crippen LogP contribution < -0.4 is 5.32 Å². The molecule has 0 radical (unpaired) electrons. The van der Waals surface area contributed by atoms with Gasteiger partial charge in [-0.2, -0.15) is 0 Å². The first-order chi connectivity index (χ1) is 8.97. The highest BCUT2D eigenvalue weighted by Crippen LogP contribution is 2.21. The number of halogens is 3. The lowest BCUT2D eigenvalue weighted by atomic mass is 10.1. The van der Waals surface area contributed by atoms with E-state index < -0.39 is 17.5 Å². The van der Waals surface area contributed by atoms with E-state index in [9.17, 15) is 13.6 Å². The maximum absolute atomic E-state index is 13.4. The van der Waals surface area contributed by atoms with Crippen molar-refractivity contribution in [1.29, 1.82) is 0 Å². The summed E-state index contributed by atoms with van der Waals surface area (Å²) in [6.45, 7) is 1.86. The Kier molecular flexibility index (Phi) is 3.95. The summed E-state index contributed by atoms with van der Waals surface area (Å²) in [6.07, 6.45) is 0. The van der Waals surface area contributed by atoms with Crippen molar-refractivity contribution in [2.45, 2.75) is 6.92 Å². The fourth-order valence-electron chi connectivity index (χ4n) is 1.59. The van der Waals surface area contributed by atoms with E-state index in [1.807, 2.05) is 6.92 Å². The number of nitrogens with one attached hydrogen (secondary N) is 1. The number of aryl methyl sites for hydroxylation is 1. The molecule has 98 valence electrons. The monoisotopic (exact) mass is 325 g/mol. The average Bonchev–Trinajstić information content (AvgIpc) is 2.36. The Labute approximate surface area is 117 Å². The number of hydrogen-bond donors (Lipinski definition) is 1. The molecule has 0 aliphatic carbocycles. The van der Waals surface area contributed by atoms with Gasteiger partial charge in [-0.15, -0.1) is 0 Å². The van der Waals surface area contributed by atoms with E-state index in [2.05, 4.69) is 21.2 Å². The molecule has 0 heterocycles. The van der Waals surface area contributed by atoms with Crippen LogP contribution >= 0.6 is 15.9 Å². The van der Waals surface area contributed by atoms with Crippen molar-refractivity contribution in [3.05, 3.63) is 63.6 Å². The third-order valence-electron chi connectivity index (χ3n) is 2.59. The first-order valence-corrected chi connectivity index (χ1v) is 6.29. The van der Waals surface area contributed by atoms with Crippen LogP contribution in [0.15, 0.2) is 40.9 Å². The second kappa shape index (κ2) is 5.48. The van der Waals surface area contributed by atoms with Gasteiger partial charge in [-0.25, -0.2) is 8.78 Å². The van der Waals surface area contributed by atoms with Crippen LogP contribution in [0.25, 0.3) is 0 Å². The zero-order chi connectivity index (χ0) is 14.0. The molecule has 1 N–H and O–H groups in total. The maximum atomic E-state index is 13.4. The average molecular weight is 326 g/mol. The van der Waals surface area contributed by atoms with Crippen molar-refractivity contribution < 1.29 is 13.6 Å². The molecule has 0 aliphatic heterocycles. The van der Waals surface area contributed by atoms with Gasteiger partial charge in [0.1, 0.15) is 11.6 Å². The molecule has 2 rings (SSSR count). The van der Waals surface area contributed by atoms with E-state index in [-0.39, 0.29) is 5.56 Å². The predicted molar refractivity (Wildman–Crippen MR) is 73.2 cm³/mol. The zero-order valence-electron chi connectivity index (χ0n) is 10.0. The highest BCUT2D eigenvalue weighted by molar-refractivity contribution is 9.10. The molecule has 0 spiro atoms. The SMILES string of the molecule is Cc1cc(NC(=O)c2cc(F)ccc2F)ccc1Br. The molecule has 0 unspecified atom stereocenters. The van der Waals surface area contributed by atoms with Crippen LogP contribution in [0.3, 0.4) is 0 Å². The second-order valence-electron chi connectivity index (χ2n) is 4.04. The zero-order valence-corrected chi connectivity index (χ0v) is 11.6. The molecule has 2 nitrogen and oxygen atoms in total. The Morgan fingerprint density at radius 2 is 1.89 bits per heavy atom. The number of amides is 1. The molecule has 0 bridgehead atoms. The summed E-state index contributed by atoms with van der Waals surface area (Å²) < 4.78 is 27.3. The lowest BCUT2D eigenvalue weighted by molar-refractivity contribution is 0.102. The summed E-state index contributed by atoms with van der Waals surface area (Å²) in [7, 11) is 0. The number of anilines is 1. The van der Waals surface area contributed by atoms with Crippen molar-refractivity contribution >= 4 is 27.5 Å². The topological polar surface area (TPSA) is 29.1 Å². The largest absolute Gasteiger partial charge is 0.322 e. The minimum absolute atomic E-state index is 0.319. The molecule has 2 aromatic carbocycles. The molecular formula is C14H10BrF2NO. The number of carbonyl (C=O) groups is 1. The Hall–Kier alpha value is -1.75. The van der Waals surface area contributed by atoms with Crippen molar-refractivity contribution in [2.75, 3.05) is 5.32 Å². The molecule has 5 heteroatoms. The molecule has 1 amide bonds. The lowest BCUT2D eigenvalue weighted by Crippen LogP contribution is -2.14. The standard InChI is InChI=1S/C14H10BrF2NO/c1-8-6-10(3-4-12(8)15)18-14(19)11-7-9(16)2-5-13(11)17/h2-7H,1H3,(H,18,19). The van der Waals surface area contributed by atoms with E-state index in [1.54, 1.807) is 18.2 Å². The molecule has 0 saturated carbocycles. The third kappa shape index (κ3) is 3.17. The molecular weight excluding hydrogens is 316 g/mol. The fraction of sp³-hybridized carbons (Fsp3) is 0.0714. The van der Waals surface area contributed by atoms with E-state index in [4.69, 9.17) is 0 Å². The summed E-state index contributed by atoms with van der Waals surface area (Å²) in [5.74, 6) is -2.09. The molecule has 0 atom stereocenters. The first kappa shape index (κ1) is 13.7. The van der Waals surface area contributed by atoms with Gasteiger partial charge in [0.2, 0.25) is 0 Å². The van der Waals surface area contributed by atoms with Gasteiger partial charge in [0, 0.05) is 10.2 Å². The number of carbonyl (C=O) groups excluding carboxylic acids is 1. The van der Waals surface area contributed by atoms with Gasteiger partial charge >= 0.3 is 0 Å². The minimum atomic E-state index is -0.757. The van der Waals surface area contributed by atoms with E-state index >= 15 is 0 Å². The summed E-state index contributed by atoms with van der Waals surface area (Å²) in [4.78, 5) is 11.9. The number of hydrogen-bond acceptors (Lipinski definition) is 1. The summed E-state index contributed by atoms with van der Waals surface area (Å²) in [6, 6.07) is 7.95. The predicted octanol–water partition coefficient (Wildman–Crippen LogP) is 4.29. The molecule has 2 aromatic rings. The van der Waals surface area contributed by atoms with Crippen LogP contribution in [-0.4, -0.2) is 5.91 Å². The van der Waals surface area contributed by atoms with Crippen molar-refractivity contribution in [3.63, 3.8) is 0 Å².